The molecule has 2 aromatic carbocycles. The number of benzene rings is 2. The van der Waals surface area contributed by atoms with Gasteiger partial charge in [-0.1, -0.05) is 100 Å². The van der Waals surface area contributed by atoms with Crippen molar-refractivity contribution in [3.8, 4) is 0 Å². The SMILES string of the molecule is CCC(C)C(NC(=O)C1CCCCC1)C(=O)NCCC(c1ccccc1)c1ccccc1. The van der Waals surface area contributed by atoms with E-state index in [1.807, 2.05) is 19.1 Å². The van der Waals surface area contributed by atoms with E-state index in [4.69, 9.17) is 0 Å². The van der Waals surface area contributed by atoms with Crippen LogP contribution in [0.3, 0.4) is 0 Å². The first-order valence-corrected chi connectivity index (χ1v) is 12.3. The summed E-state index contributed by atoms with van der Waals surface area (Å²) in [7, 11) is 0. The third-order valence-corrected chi connectivity index (χ3v) is 6.91. The van der Waals surface area contributed by atoms with Crippen molar-refractivity contribution in [3.05, 3.63) is 71.8 Å². The van der Waals surface area contributed by atoms with Crippen molar-refractivity contribution in [1.29, 1.82) is 0 Å². The summed E-state index contributed by atoms with van der Waals surface area (Å²) < 4.78 is 0. The lowest BCUT2D eigenvalue weighted by Gasteiger charge is -2.28. The van der Waals surface area contributed by atoms with E-state index in [0.29, 0.717) is 6.54 Å². The van der Waals surface area contributed by atoms with Gasteiger partial charge in [0, 0.05) is 18.4 Å². The van der Waals surface area contributed by atoms with Crippen molar-refractivity contribution >= 4 is 11.8 Å². The molecule has 0 saturated heterocycles. The van der Waals surface area contributed by atoms with Crippen LogP contribution in [-0.4, -0.2) is 24.4 Å². The summed E-state index contributed by atoms with van der Waals surface area (Å²) in [4.78, 5) is 25.9. The molecule has 2 aromatic rings. The largest absolute Gasteiger partial charge is 0.354 e. The van der Waals surface area contributed by atoms with Crippen molar-refractivity contribution in [2.24, 2.45) is 11.8 Å². The zero-order valence-electron chi connectivity index (χ0n) is 19.6. The molecule has 0 aromatic heterocycles. The normalized spacial score (nSPS) is 16.3. The molecule has 2 amide bonds. The number of hydrogen-bond acceptors (Lipinski definition) is 2. The fraction of sp³-hybridized carbons (Fsp3) is 0.500. The highest BCUT2D eigenvalue weighted by Gasteiger charge is 2.29. The summed E-state index contributed by atoms with van der Waals surface area (Å²) in [6.07, 6.45) is 6.97. The molecule has 0 aliphatic heterocycles. The lowest BCUT2D eigenvalue weighted by Crippen LogP contribution is -2.52. The number of amides is 2. The Bertz CT molecular complexity index is 792. The van der Waals surface area contributed by atoms with Crippen LogP contribution in [0.5, 0.6) is 0 Å². The van der Waals surface area contributed by atoms with Crippen molar-refractivity contribution in [3.63, 3.8) is 0 Å². The van der Waals surface area contributed by atoms with Gasteiger partial charge in [-0.05, 0) is 36.3 Å². The lowest BCUT2D eigenvalue weighted by atomic mass is 9.87. The summed E-state index contributed by atoms with van der Waals surface area (Å²) >= 11 is 0. The van der Waals surface area contributed by atoms with E-state index in [1.54, 1.807) is 0 Å². The lowest BCUT2D eigenvalue weighted by molar-refractivity contribution is -0.132. The Balaban J connectivity index is 1.62. The van der Waals surface area contributed by atoms with Gasteiger partial charge in [0.1, 0.15) is 6.04 Å². The highest BCUT2D eigenvalue weighted by Crippen LogP contribution is 2.27. The number of carbonyl (C=O) groups is 2. The molecule has 3 rings (SSSR count). The second-order valence-electron chi connectivity index (χ2n) is 9.16. The first-order valence-electron chi connectivity index (χ1n) is 12.3. The predicted octanol–water partition coefficient (Wildman–Crippen LogP) is 5.44. The highest BCUT2D eigenvalue weighted by atomic mass is 16.2. The van der Waals surface area contributed by atoms with Crippen molar-refractivity contribution in [2.75, 3.05) is 6.54 Å². The van der Waals surface area contributed by atoms with E-state index in [0.717, 1.165) is 38.5 Å². The van der Waals surface area contributed by atoms with E-state index in [1.165, 1.54) is 17.5 Å². The Morgan fingerprint density at radius 2 is 1.47 bits per heavy atom. The van der Waals surface area contributed by atoms with Crippen molar-refractivity contribution in [1.82, 2.24) is 10.6 Å². The predicted molar refractivity (Wildman–Crippen MR) is 130 cm³/mol. The standard InChI is InChI=1S/C28H38N2O2/c1-3-21(2)26(30-27(31)24-17-11-6-12-18-24)28(32)29-20-19-25(22-13-7-4-8-14-22)23-15-9-5-10-16-23/h4-5,7-10,13-16,21,24-26H,3,6,11-12,17-20H2,1-2H3,(H,29,32)(H,30,31). The van der Waals surface area contributed by atoms with Gasteiger partial charge in [0.25, 0.3) is 0 Å². The number of rotatable bonds is 10. The van der Waals surface area contributed by atoms with Crippen LogP contribution in [0.2, 0.25) is 0 Å². The fourth-order valence-corrected chi connectivity index (χ4v) is 4.68. The number of nitrogens with one attached hydrogen (secondary N) is 2. The van der Waals surface area contributed by atoms with E-state index >= 15 is 0 Å². The van der Waals surface area contributed by atoms with Crippen LogP contribution in [0.25, 0.3) is 0 Å². The summed E-state index contributed by atoms with van der Waals surface area (Å²) in [6, 6.07) is 20.4. The zero-order chi connectivity index (χ0) is 22.8. The van der Waals surface area contributed by atoms with Gasteiger partial charge < -0.3 is 10.6 Å². The summed E-state index contributed by atoms with van der Waals surface area (Å²) in [5.41, 5.74) is 2.49. The smallest absolute Gasteiger partial charge is 0.242 e. The first-order chi connectivity index (χ1) is 15.6. The molecule has 2 atom stereocenters. The van der Waals surface area contributed by atoms with E-state index < -0.39 is 6.04 Å². The highest BCUT2D eigenvalue weighted by molar-refractivity contribution is 5.88. The molecule has 172 valence electrons. The molecular formula is C28H38N2O2. The fourth-order valence-electron chi connectivity index (χ4n) is 4.68. The second kappa shape index (κ2) is 12.4. The number of carbonyl (C=O) groups excluding carboxylic acids is 2. The van der Waals surface area contributed by atoms with E-state index in [2.05, 4.69) is 66.1 Å². The molecule has 1 aliphatic carbocycles. The summed E-state index contributed by atoms with van der Waals surface area (Å²) in [5, 5.41) is 6.21. The minimum atomic E-state index is -0.471. The van der Waals surface area contributed by atoms with Gasteiger partial charge in [0.2, 0.25) is 11.8 Å². The van der Waals surface area contributed by atoms with Gasteiger partial charge in [-0.25, -0.2) is 0 Å². The Morgan fingerprint density at radius 1 is 0.906 bits per heavy atom. The van der Waals surface area contributed by atoms with Gasteiger partial charge in [0.05, 0.1) is 0 Å². The maximum atomic E-state index is 13.1. The number of hydrogen-bond donors (Lipinski definition) is 2. The third kappa shape index (κ3) is 6.69. The molecule has 4 nitrogen and oxygen atoms in total. The summed E-state index contributed by atoms with van der Waals surface area (Å²) in [6.45, 7) is 4.68. The van der Waals surface area contributed by atoms with Crippen LogP contribution in [0.4, 0.5) is 0 Å². The van der Waals surface area contributed by atoms with Crippen molar-refractivity contribution in [2.45, 2.75) is 70.8 Å². The maximum absolute atomic E-state index is 13.1. The molecule has 2 N–H and O–H groups in total. The average Bonchev–Trinajstić information content (AvgIpc) is 2.86. The second-order valence-corrected chi connectivity index (χ2v) is 9.16. The molecule has 4 heteroatoms. The molecule has 0 heterocycles. The molecule has 2 unspecified atom stereocenters. The van der Waals surface area contributed by atoms with Crippen LogP contribution in [0, 0.1) is 11.8 Å². The molecule has 0 bridgehead atoms. The van der Waals surface area contributed by atoms with E-state index in [9.17, 15) is 9.59 Å². The molecule has 1 fully saturated rings. The average molecular weight is 435 g/mol. The molecule has 1 aliphatic rings. The maximum Gasteiger partial charge on any atom is 0.242 e. The van der Waals surface area contributed by atoms with Crippen LogP contribution in [-0.2, 0) is 9.59 Å². The van der Waals surface area contributed by atoms with Gasteiger partial charge in [-0.2, -0.15) is 0 Å². The monoisotopic (exact) mass is 434 g/mol. The third-order valence-electron chi connectivity index (χ3n) is 6.91. The Hall–Kier alpha value is -2.62. The van der Waals surface area contributed by atoms with Gasteiger partial charge in [-0.3, -0.25) is 9.59 Å². The first kappa shape index (κ1) is 24.0. The van der Waals surface area contributed by atoms with Crippen molar-refractivity contribution < 1.29 is 9.59 Å². The Morgan fingerprint density at radius 3 is 2.00 bits per heavy atom. The van der Waals surface area contributed by atoms with E-state index in [-0.39, 0.29) is 29.6 Å². The molecule has 0 radical (unpaired) electrons. The van der Waals surface area contributed by atoms with Crippen LogP contribution in [0.1, 0.15) is 75.8 Å². The summed E-state index contributed by atoms with van der Waals surface area (Å²) in [5.74, 6) is 0.363. The Labute approximate surface area is 193 Å². The Kier molecular flexibility index (Phi) is 9.33. The quantitative estimate of drug-likeness (QED) is 0.523. The van der Waals surface area contributed by atoms with Gasteiger partial charge >= 0.3 is 0 Å². The van der Waals surface area contributed by atoms with Gasteiger partial charge in [-0.15, -0.1) is 0 Å². The molecular weight excluding hydrogens is 396 g/mol. The minimum Gasteiger partial charge on any atom is -0.354 e. The van der Waals surface area contributed by atoms with Gasteiger partial charge in [0.15, 0.2) is 0 Å². The van der Waals surface area contributed by atoms with Crippen LogP contribution >= 0.6 is 0 Å². The zero-order valence-corrected chi connectivity index (χ0v) is 19.6. The van der Waals surface area contributed by atoms with Crippen LogP contribution in [0.15, 0.2) is 60.7 Å². The molecule has 1 saturated carbocycles. The molecule has 0 spiro atoms. The minimum absolute atomic E-state index is 0.0524. The molecule has 32 heavy (non-hydrogen) atoms. The topological polar surface area (TPSA) is 58.2 Å². The van der Waals surface area contributed by atoms with Crippen LogP contribution < -0.4 is 10.6 Å².